The summed E-state index contributed by atoms with van der Waals surface area (Å²) in [6.45, 7) is 0. The Morgan fingerprint density at radius 2 is 2.20 bits per heavy atom. The molecule has 6 heteroatoms. The van der Waals surface area contributed by atoms with Crippen molar-refractivity contribution in [3.05, 3.63) is 54.2 Å². The molecule has 0 bridgehead atoms. The fourth-order valence-electron chi connectivity index (χ4n) is 1.81. The zero-order valence-electron chi connectivity index (χ0n) is 10.3. The maximum Gasteiger partial charge on any atom is 0.371 e. The Morgan fingerprint density at radius 3 is 2.95 bits per heavy atom. The lowest BCUT2D eigenvalue weighted by molar-refractivity contribution is 0.0665. The van der Waals surface area contributed by atoms with Gasteiger partial charge in [-0.15, -0.1) is 11.8 Å². The Labute approximate surface area is 118 Å². The van der Waals surface area contributed by atoms with Gasteiger partial charge in [-0.1, -0.05) is 6.07 Å². The Bertz CT molecular complexity index is 755. The maximum absolute atomic E-state index is 10.9. The molecule has 0 radical (unpaired) electrons. The van der Waals surface area contributed by atoms with Crippen molar-refractivity contribution in [3.8, 4) is 0 Å². The Hall–Kier alpha value is -2.34. The number of rotatable bonds is 4. The van der Waals surface area contributed by atoms with Crippen LogP contribution >= 0.6 is 11.8 Å². The summed E-state index contributed by atoms with van der Waals surface area (Å²) in [5, 5.41) is 10.5. The van der Waals surface area contributed by atoms with Crippen LogP contribution in [0.3, 0.4) is 0 Å². The molecule has 0 saturated heterocycles. The summed E-state index contributed by atoms with van der Waals surface area (Å²) < 4.78 is 5.22. The summed E-state index contributed by atoms with van der Waals surface area (Å²) in [4.78, 5) is 19.0. The molecular weight excluding hydrogens is 276 g/mol. The first-order valence-electron chi connectivity index (χ1n) is 5.87. The molecule has 0 aliphatic carbocycles. The quantitative estimate of drug-likeness (QED) is 0.742. The first kappa shape index (κ1) is 12.7. The highest BCUT2D eigenvalue weighted by molar-refractivity contribution is 7.98. The third kappa shape index (κ3) is 2.65. The Kier molecular flexibility index (Phi) is 3.39. The average Bonchev–Trinajstić information content (AvgIpc) is 2.89. The molecule has 0 unspecified atom stereocenters. The molecule has 0 saturated carbocycles. The minimum atomic E-state index is -1.06. The number of furan rings is 1. The molecular formula is C14H10N2O3S. The van der Waals surface area contributed by atoms with Crippen LogP contribution in [0.15, 0.2) is 52.3 Å². The van der Waals surface area contributed by atoms with E-state index < -0.39 is 5.97 Å². The van der Waals surface area contributed by atoms with Gasteiger partial charge in [0.1, 0.15) is 10.6 Å². The summed E-state index contributed by atoms with van der Waals surface area (Å²) in [5.41, 5.74) is 1.65. The first-order valence-corrected chi connectivity index (χ1v) is 6.85. The van der Waals surface area contributed by atoms with Crippen LogP contribution in [0.2, 0.25) is 0 Å². The van der Waals surface area contributed by atoms with Crippen LogP contribution in [-0.4, -0.2) is 21.0 Å². The van der Waals surface area contributed by atoms with Crippen molar-refractivity contribution in [2.45, 2.75) is 10.8 Å². The lowest BCUT2D eigenvalue weighted by Crippen LogP contribution is -1.91. The maximum atomic E-state index is 10.9. The molecule has 5 nitrogen and oxygen atoms in total. The second-order valence-corrected chi connectivity index (χ2v) is 5.12. The van der Waals surface area contributed by atoms with Gasteiger partial charge in [-0.25, -0.2) is 9.78 Å². The number of aromatic nitrogens is 2. The summed E-state index contributed by atoms with van der Waals surface area (Å²) >= 11 is 1.57. The third-order valence-electron chi connectivity index (χ3n) is 2.72. The monoisotopic (exact) mass is 286 g/mol. The number of nitrogens with zero attached hydrogens (tertiary/aromatic N) is 2. The van der Waals surface area contributed by atoms with E-state index in [1.165, 1.54) is 6.07 Å². The molecule has 20 heavy (non-hydrogen) atoms. The van der Waals surface area contributed by atoms with E-state index in [1.54, 1.807) is 36.4 Å². The van der Waals surface area contributed by atoms with Crippen LogP contribution < -0.4 is 0 Å². The second kappa shape index (κ2) is 5.34. The van der Waals surface area contributed by atoms with Crippen molar-refractivity contribution < 1.29 is 14.3 Å². The number of hydrogen-bond acceptors (Lipinski definition) is 5. The number of aromatic carboxylic acids is 1. The first-order chi connectivity index (χ1) is 9.72. The number of carboxylic acid groups (broad SMARTS) is 1. The van der Waals surface area contributed by atoms with Crippen LogP contribution in [0, 0.1) is 0 Å². The van der Waals surface area contributed by atoms with Gasteiger partial charge in [0, 0.05) is 23.5 Å². The zero-order chi connectivity index (χ0) is 13.9. The highest BCUT2D eigenvalue weighted by Gasteiger charge is 2.10. The van der Waals surface area contributed by atoms with Gasteiger partial charge in [0.05, 0.1) is 6.20 Å². The number of benzene rings is 1. The van der Waals surface area contributed by atoms with E-state index in [-0.39, 0.29) is 5.76 Å². The fourth-order valence-corrected chi connectivity index (χ4v) is 2.57. The van der Waals surface area contributed by atoms with Gasteiger partial charge >= 0.3 is 5.97 Å². The van der Waals surface area contributed by atoms with Crippen molar-refractivity contribution in [1.29, 1.82) is 0 Å². The van der Waals surface area contributed by atoms with Crippen molar-refractivity contribution >= 4 is 28.7 Å². The van der Waals surface area contributed by atoms with E-state index in [9.17, 15) is 4.79 Å². The number of carbonyl (C=O) groups is 1. The van der Waals surface area contributed by atoms with E-state index in [0.717, 1.165) is 21.7 Å². The summed E-state index contributed by atoms with van der Waals surface area (Å²) in [7, 11) is 0. The molecule has 0 spiro atoms. The van der Waals surface area contributed by atoms with Gasteiger partial charge in [0.25, 0.3) is 0 Å². The van der Waals surface area contributed by atoms with Crippen LogP contribution in [-0.2, 0) is 5.75 Å². The smallest absolute Gasteiger partial charge is 0.371 e. The summed E-state index contributed by atoms with van der Waals surface area (Å²) in [5.74, 6) is -0.363. The molecule has 3 aromatic rings. The molecule has 0 fully saturated rings. The Balaban J connectivity index is 1.80. The van der Waals surface area contributed by atoms with Crippen molar-refractivity contribution in [3.63, 3.8) is 0 Å². The van der Waals surface area contributed by atoms with Crippen molar-refractivity contribution in [2.75, 3.05) is 0 Å². The number of fused-ring (bicyclic) bond motifs is 1. The van der Waals surface area contributed by atoms with E-state index in [0.29, 0.717) is 5.58 Å². The largest absolute Gasteiger partial charge is 0.475 e. The molecule has 0 aliphatic rings. The van der Waals surface area contributed by atoms with Gasteiger partial charge in [0.2, 0.25) is 5.76 Å². The van der Waals surface area contributed by atoms with Crippen molar-refractivity contribution in [2.24, 2.45) is 0 Å². The van der Waals surface area contributed by atoms with Crippen LogP contribution in [0.25, 0.3) is 11.0 Å². The van der Waals surface area contributed by atoms with E-state index in [4.69, 9.17) is 9.52 Å². The van der Waals surface area contributed by atoms with E-state index >= 15 is 0 Å². The zero-order valence-corrected chi connectivity index (χ0v) is 11.1. The van der Waals surface area contributed by atoms with Gasteiger partial charge in [0.15, 0.2) is 0 Å². The van der Waals surface area contributed by atoms with Crippen LogP contribution in [0.1, 0.15) is 16.1 Å². The summed E-state index contributed by atoms with van der Waals surface area (Å²) in [6, 6.07) is 7.16. The Morgan fingerprint density at radius 1 is 1.30 bits per heavy atom. The number of carboxylic acids is 1. The molecule has 0 amide bonds. The molecule has 0 aliphatic heterocycles. The highest BCUT2D eigenvalue weighted by atomic mass is 32.2. The van der Waals surface area contributed by atoms with Gasteiger partial charge < -0.3 is 9.52 Å². The second-order valence-electron chi connectivity index (χ2n) is 4.12. The average molecular weight is 286 g/mol. The fraction of sp³-hybridized carbons (Fsp3) is 0.0714. The molecule has 100 valence electrons. The third-order valence-corrected chi connectivity index (χ3v) is 3.70. The molecule has 0 atom stereocenters. The molecule has 2 heterocycles. The van der Waals surface area contributed by atoms with Crippen molar-refractivity contribution in [1.82, 2.24) is 9.97 Å². The topological polar surface area (TPSA) is 76.2 Å². The lowest BCUT2D eigenvalue weighted by Gasteiger charge is -2.00. The standard InChI is InChI=1S/C14H10N2O3S/c17-14(18)12-6-10-5-9(1-2-11(10)19-12)8-20-13-7-15-3-4-16-13/h1-7H,8H2,(H,17,18). The highest BCUT2D eigenvalue weighted by Crippen LogP contribution is 2.25. The number of hydrogen-bond donors (Lipinski definition) is 1. The predicted molar refractivity (Wildman–Crippen MR) is 74.8 cm³/mol. The molecule has 1 aromatic carbocycles. The van der Waals surface area contributed by atoms with Gasteiger partial charge in [-0.05, 0) is 23.8 Å². The molecule has 2 aromatic heterocycles. The minimum absolute atomic E-state index is 0.0428. The van der Waals surface area contributed by atoms with E-state index in [1.807, 2.05) is 12.1 Å². The molecule has 3 rings (SSSR count). The van der Waals surface area contributed by atoms with Crippen LogP contribution in [0.5, 0.6) is 0 Å². The van der Waals surface area contributed by atoms with Gasteiger partial charge in [-0.2, -0.15) is 0 Å². The van der Waals surface area contributed by atoms with Crippen LogP contribution in [0.4, 0.5) is 0 Å². The normalized spacial score (nSPS) is 10.8. The number of thioether (sulfide) groups is 1. The van der Waals surface area contributed by atoms with Gasteiger partial charge in [-0.3, -0.25) is 4.98 Å². The SMILES string of the molecule is O=C(O)c1cc2cc(CSc3cnccn3)ccc2o1. The van der Waals surface area contributed by atoms with E-state index in [2.05, 4.69) is 9.97 Å². The predicted octanol–water partition coefficient (Wildman–Crippen LogP) is 3.21. The molecule has 1 N–H and O–H groups in total. The lowest BCUT2D eigenvalue weighted by atomic mass is 10.2. The minimum Gasteiger partial charge on any atom is -0.475 e. The summed E-state index contributed by atoms with van der Waals surface area (Å²) in [6.07, 6.45) is 5.00.